The summed E-state index contributed by atoms with van der Waals surface area (Å²) in [6.07, 6.45) is 0. The van der Waals surface area contributed by atoms with Crippen LogP contribution in [-0.2, 0) is 0 Å². The van der Waals surface area contributed by atoms with Crippen molar-refractivity contribution >= 4 is 5.91 Å². The van der Waals surface area contributed by atoms with E-state index in [2.05, 4.69) is 5.32 Å². The Balaban J connectivity index is 2.21. The first-order valence-corrected chi connectivity index (χ1v) is 7.22. The number of benzene rings is 2. The number of halogens is 1. The fraction of sp³-hybridized carbons (Fsp3) is 0.278. The number of carbonyl (C=O) groups excluding carboxylic acids is 1. The van der Waals surface area contributed by atoms with Crippen LogP contribution >= 0.6 is 0 Å². The third-order valence-electron chi connectivity index (χ3n) is 3.55. The number of rotatable bonds is 5. The molecule has 116 valence electrons. The molecule has 0 heterocycles. The minimum Gasteiger partial charge on any atom is -0.497 e. The molecule has 3 nitrogen and oxygen atoms in total. The highest BCUT2D eigenvalue weighted by atomic mass is 19.1. The van der Waals surface area contributed by atoms with Gasteiger partial charge in [-0.2, -0.15) is 0 Å². The molecule has 2 aromatic carbocycles. The number of hydrogen-bond donors (Lipinski definition) is 1. The molecule has 0 fully saturated rings. The molecule has 0 saturated heterocycles. The van der Waals surface area contributed by atoms with Gasteiger partial charge in [-0.3, -0.25) is 4.79 Å². The fourth-order valence-electron chi connectivity index (χ4n) is 2.31. The van der Waals surface area contributed by atoms with Gasteiger partial charge in [0, 0.05) is 0 Å². The molecule has 0 radical (unpaired) electrons. The first-order valence-electron chi connectivity index (χ1n) is 7.22. The molecule has 0 aliphatic rings. The summed E-state index contributed by atoms with van der Waals surface area (Å²) in [4.78, 5) is 12.3. The number of hydrogen-bond acceptors (Lipinski definition) is 2. The molecule has 0 unspecified atom stereocenters. The monoisotopic (exact) mass is 301 g/mol. The molecule has 1 amide bonds. The molecule has 0 aromatic heterocycles. The van der Waals surface area contributed by atoms with E-state index in [1.807, 2.05) is 38.1 Å². The lowest BCUT2D eigenvalue weighted by Gasteiger charge is -2.23. The second kappa shape index (κ2) is 7.07. The van der Waals surface area contributed by atoms with E-state index in [0.717, 1.165) is 11.3 Å². The molecule has 0 spiro atoms. The van der Waals surface area contributed by atoms with Crippen LogP contribution in [0.5, 0.6) is 5.75 Å². The highest BCUT2D eigenvalue weighted by Gasteiger charge is 2.20. The second-order valence-electron chi connectivity index (χ2n) is 5.45. The van der Waals surface area contributed by atoms with Crippen molar-refractivity contribution in [2.45, 2.75) is 19.9 Å². The second-order valence-corrected chi connectivity index (χ2v) is 5.45. The Bertz CT molecular complexity index is 638. The highest BCUT2D eigenvalue weighted by molar-refractivity contribution is 5.94. The summed E-state index contributed by atoms with van der Waals surface area (Å²) in [5.74, 6) is 0.000611. The van der Waals surface area contributed by atoms with E-state index in [0.29, 0.717) is 0 Å². The summed E-state index contributed by atoms with van der Waals surface area (Å²) in [5, 5.41) is 2.91. The fourth-order valence-corrected chi connectivity index (χ4v) is 2.31. The maximum atomic E-state index is 13.7. The van der Waals surface area contributed by atoms with Crippen molar-refractivity contribution in [3.63, 3.8) is 0 Å². The van der Waals surface area contributed by atoms with Gasteiger partial charge < -0.3 is 10.1 Å². The Hall–Kier alpha value is -2.36. The quantitative estimate of drug-likeness (QED) is 0.907. The summed E-state index contributed by atoms with van der Waals surface area (Å²) in [6.45, 7) is 4.02. The Morgan fingerprint density at radius 2 is 1.73 bits per heavy atom. The lowest BCUT2D eigenvalue weighted by molar-refractivity contribution is 0.0921. The first kappa shape index (κ1) is 16.0. The van der Waals surface area contributed by atoms with E-state index in [1.54, 1.807) is 19.2 Å². The summed E-state index contributed by atoms with van der Waals surface area (Å²) in [6, 6.07) is 13.3. The van der Waals surface area contributed by atoms with E-state index >= 15 is 0 Å². The topological polar surface area (TPSA) is 38.3 Å². The lowest BCUT2D eigenvalue weighted by Crippen LogP contribution is -2.32. The van der Waals surface area contributed by atoms with Gasteiger partial charge in [-0.1, -0.05) is 38.1 Å². The Kier molecular flexibility index (Phi) is 5.15. The van der Waals surface area contributed by atoms with Crippen LogP contribution in [-0.4, -0.2) is 13.0 Å². The summed E-state index contributed by atoms with van der Waals surface area (Å²) < 4.78 is 18.9. The maximum absolute atomic E-state index is 13.7. The van der Waals surface area contributed by atoms with Gasteiger partial charge in [0.05, 0.1) is 18.7 Å². The molecule has 1 atom stereocenters. The van der Waals surface area contributed by atoms with Crippen LogP contribution in [0.3, 0.4) is 0 Å². The van der Waals surface area contributed by atoms with Gasteiger partial charge in [0.2, 0.25) is 0 Å². The minimum absolute atomic E-state index is 0.0571. The molecule has 0 aliphatic carbocycles. The van der Waals surface area contributed by atoms with E-state index in [1.165, 1.54) is 12.1 Å². The normalized spacial score (nSPS) is 12.0. The molecule has 2 aromatic rings. The van der Waals surface area contributed by atoms with Gasteiger partial charge >= 0.3 is 0 Å². The standard InChI is InChI=1S/C18H20FNO2/c1-12(2)17(13-8-10-14(22-3)11-9-13)20-18(21)15-6-4-5-7-16(15)19/h4-12,17H,1-3H3,(H,20,21)/t17-/m1/s1. The average Bonchev–Trinajstić information content (AvgIpc) is 2.52. The highest BCUT2D eigenvalue weighted by Crippen LogP contribution is 2.24. The summed E-state index contributed by atoms with van der Waals surface area (Å²) >= 11 is 0. The van der Waals surface area contributed by atoms with Gasteiger partial charge in [-0.25, -0.2) is 4.39 Å². The van der Waals surface area contributed by atoms with Gasteiger partial charge in [0.15, 0.2) is 0 Å². The summed E-state index contributed by atoms with van der Waals surface area (Å²) in [5.41, 5.74) is 1.02. The van der Waals surface area contributed by atoms with E-state index in [4.69, 9.17) is 4.74 Å². The molecular formula is C18H20FNO2. The predicted molar refractivity (Wildman–Crippen MR) is 84.4 cm³/mol. The Labute approximate surface area is 130 Å². The Morgan fingerprint density at radius 3 is 2.27 bits per heavy atom. The zero-order valence-electron chi connectivity index (χ0n) is 13.0. The van der Waals surface area contributed by atoms with Gasteiger partial charge in [-0.15, -0.1) is 0 Å². The van der Waals surface area contributed by atoms with Crippen LogP contribution in [0.15, 0.2) is 48.5 Å². The lowest BCUT2D eigenvalue weighted by atomic mass is 9.95. The van der Waals surface area contributed by atoms with Crippen molar-refractivity contribution in [1.82, 2.24) is 5.32 Å². The van der Waals surface area contributed by atoms with Gasteiger partial charge in [0.1, 0.15) is 11.6 Å². The predicted octanol–water partition coefficient (Wildman–Crippen LogP) is 3.96. The maximum Gasteiger partial charge on any atom is 0.254 e. The van der Waals surface area contributed by atoms with E-state index in [-0.39, 0.29) is 17.5 Å². The van der Waals surface area contributed by atoms with Crippen LogP contribution in [0.25, 0.3) is 0 Å². The SMILES string of the molecule is COc1ccc([C@H](NC(=O)c2ccccc2F)C(C)C)cc1. The van der Waals surface area contributed by atoms with Gasteiger partial charge in [0.25, 0.3) is 5.91 Å². The van der Waals surface area contributed by atoms with E-state index in [9.17, 15) is 9.18 Å². The zero-order valence-corrected chi connectivity index (χ0v) is 13.0. The first-order chi connectivity index (χ1) is 10.5. The molecule has 0 aliphatic heterocycles. The van der Waals surface area contributed by atoms with E-state index < -0.39 is 11.7 Å². The smallest absolute Gasteiger partial charge is 0.254 e. The molecular weight excluding hydrogens is 281 g/mol. The minimum atomic E-state index is -0.516. The van der Waals surface area contributed by atoms with Crippen molar-refractivity contribution in [2.24, 2.45) is 5.92 Å². The molecule has 4 heteroatoms. The molecule has 0 bridgehead atoms. The largest absolute Gasteiger partial charge is 0.497 e. The van der Waals surface area contributed by atoms with Crippen LogP contribution in [0.1, 0.15) is 35.8 Å². The number of nitrogens with one attached hydrogen (secondary N) is 1. The molecule has 2 rings (SSSR count). The van der Waals surface area contributed by atoms with Crippen molar-refractivity contribution in [3.05, 3.63) is 65.5 Å². The number of amides is 1. The van der Waals surface area contributed by atoms with Crippen LogP contribution in [0.2, 0.25) is 0 Å². The van der Waals surface area contributed by atoms with Crippen LogP contribution < -0.4 is 10.1 Å². The summed E-state index contributed by atoms with van der Waals surface area (Å²) in [7, 11) is 1.61. The molecule has 22 heavy (non-hydrogen) atoms. The van der Waals surface area contributed by atoms with Crippen molar-refractivity contribution in [1.29, 1.82) is 0 Å². The Morgan fingerprint density at radius 1 is 1.09 bits per heavy atom. The number of methoxy groups -OCH3 is 1. The third-order valence-corrected chi connectivity index (χ3v) is 3.55. The van der Waals surface area contributed by atoms with Crippen molar-refractivity contribution < 1.29 is 13.9 Å². The third kappa shape index (κ3) is 3.64. The molecule has 1 N–H and O–H groups in total. The van der Waals surface area contributed by atoms with Crippen LogP contribution in [0.4, 0.5) is 4.39 Å². The van der Waals surface area contributed by atoms with Crippen molar-refractivity contribution in [2.75, 3.05) is 7.11 Å². The molecule has 0 saturated carbocycles. The van der Waals surface area contributed by atoms with Gasteiger partial charge in [-0.05, 0) is 35.7 Å². The number of carbonyl (C=O) groups is 1. The average molecular weight is 301 g/mol. The zero-order chi connectivity index (χ0) is 16.1. The van der Waals surface area contributed by atoms with Crippen LogP contribution in [0, 0.1) is 11.7 Å². The number of ether oxygens (including phenoxy) is 1. The van der Waals surface area contributed by atoms with Crippen molar-refractivity contribution in [3.8, 4) is 5.75 Å².